The lowest BCUT2D eigenvalue weighted by Crippen LogP contribution is -2.45. The van der Waals surface area contributed by atoms with Crippen molar-refractivity contribution in [3.05, 3.63) is 38.7 Å². The van der Waals surface area contributed by atoms with Gasteiger partial charge in [0.2, 0.25) is 0 Å². The first kappa shape index (κ1) is 15.9. The molecule has 0 aromatic carbocycles. The van der Waals surface area contributed by atoms with E-state index >= 15 is 0 Å². The molecule has 3 N–H and O–H groups in total. The maximum atomic E-state index is 12.2. The topological polar surface area (TPSA) is 112 Å². The van der Waals surface area contributed by atoms with Gasteiger partial charge in [0.05, 0.1) is 10.9 Å². The number of carbonyl (C=O) groups is 1. The number of hydrogen-bond donors (Lipinski definition) is 2. The molecule has 0 spiro atoms. The number of pyridine rings is 1. The van der Waals surface area contributed by atoms with Gasteiger partial charge >= 0.3 is 5.69 Å². The molecule has 2 heterocycles. The van der Waals surface area contributed by atoms with Crippen molar-refractivity contribution in [3.8, 4) is 0 Å². The van der Waals surface area contributed by atoms with Crippen molar-refractivity contribution in [1.29, 1.82) is 0 Å². The Kier molecular flexibility index (Phi) is 3.89. The number of aromatic nitrogens is 3. The summed E-state index contributed by atoms with van der Waals surface area (Å²) in [6, 6.07) is 1.43. The molecule has 0 aliphatic carbocycles. The maximum absolute atomic E-state index is 12.2. The van der Waals surface area contributed by atoms with E-state index in [1.807, 2.05) is 0 Å². The van der Waals surface area contributed by atoms with Gasteiger partial charge in [-0.1, -0.05) is 0 Å². The van der Waals surface area contributed by atoms with Gasteiger partial charge in [0.15, 0.2) is 0 Å². The molecule has 2 aromatic heterocycles. The molecule has 22 heavy (non-hydrogen) atoms. The summed E-state index contributed by atoms with van der Waals surface area (Å²) in [7, 11) is 2.90. The number of aryl methyl sites for hydroxylation is 1. The molecular formula is C14H19N5O3. The van der Waals surface area contributed by atoms with Crippen LogP contribution in [0.2, 0.25) is 0 Å². The Bertz CT molecular complexity index is 858. The second kappa shape index (κ2) is 5.38. The van der Waals surface area contributed by atoms with Crippen LogP contribution in [0.5, 0.6) is 0 Å². The maximum Gasteiger partial charge on any atom is 0.332 e. The van der Waals surface area contributed by atoms with Crippen molar-refractivity contribution in [2.24, 2.45) is 19.8 Å². The Balaban J connectivity index is 2.50. The SMILES string of the molecule is Cn1c(=O)c2cc(C(=O)NCC(C)(C)N)cnc2n(C)c1=O. The average molecular weight is 305 g/mol. The minimum atomic E-state index is -0.542. The summed E-state index contributed by atoms with van der Waals surface area (Å²) in [5, 5.41) is 2.89. The van der Waals surface area contributed by atoms with Gasteiger partial charge in [-0.15, -0.1) is 0 Å². The van der Waals surface area contributed by atoms with Crippen molar-refractivity contribution in [2.75, 3.05) is 6.54 Å². The van der Waals surface area contributed by atoms with Crippen molar-refractivity contribution in [2.45, 2.75) is 19.4 Å². The summed E-state index contributed by atoms with van der Waals surface area (Å²) in [5.41, 5.74) is 4.80. The van der Waals surface area contributed by atoms with Gasteiger partial charge in [-0.25, -0.2) is 9.78 Å². The number of nitrogens with two attached hydrogens (primary N) is 1. The van der Waals surface area contributed by atoms with Crippen molar-refractivity contribution >= 4 is 16.9 Å². The molecule has 0 atom stereocenters. The van der Waals surface area contributed by atoms with Gasteiger partial charge < -0.3 is 11.1 Å². The van der Waals surface area contributed by atoms with Crippen LogP contribution in [0.3, 0.4) is 0 Å². The summed E-state index contributed by atoms with van der Waals surface area (Å²) < 4.78 is 2.25. The summed E-state index contributed by atoms with van der Waals surface area (Å²) in [6.07, 6.45) is 1.33. The van der Waals surface area contributed by atoms with Gasteiger partial charge in [0.1, 0.15) is 5.65 Å². The molecule has 8 heteroatoms. The number of nitrogens with zero attached hydrogens (tertiary/aromatic N) is 3. The number of nitrogens with one attached hydrogen (secondary N) is 1. The molecule has 8 nitrogen and oxygen atoms in total. The highest BCUT2D eigenvalue weighted by molar-refractivity contribution is 5.96. The summed E-state index contributed by atoms with van der Waals surface area (Å²) in [5.74, 6) is -0.371. The lowest BCUT2D eigenvalue weighted by atomic mass is 10.1. The molecule has 0 aliphatic heterocycles. The molecule has 1 amide bonds. The Morgan fingerprint density at radius 1 is 1.32 bits per heavy atom. The van der Waals surface area contributed by atoms with E-state index in [-0.39, 0.29) is 29.0 Å². The largest absolute Gasteiger partial charge is 0.350 e. The minimum absolute atomic E-state index is 0.212. The molecule has 0 unspecified atom stereocenters. The minimum Gasteiger partial charge on any atom is -0.350 e. The zero-order valence-corrected chi connectivity index (χ0v) is 13.0. The van der Waals surface area contributed by atoms with Crippen molar-refractivity contribution in [1.82, 2.24) is 19.4 Å². The number of amides is 1. The van der Waals surface area contributed by atoms with Crippen LogP contribution in [0, 0.1) is 0 Å². The smallest absolute Gasteiger partial charge is 0.332 e. The number of carbonyl (C=O) groups excluding carboxylic acids is 1. The highest BCUT2D eigenvalue weighted by atomic mass is 16.2. The second-order valence-electron chi connectivity index (χ2n) is 5.97. The highest BCUT2D eigenvalue weighted by Gasteiger charge is 2.16. The van der Waals surface area contributed by atoms with Crippen LogP contribution in [0.1, 0.15) is 24.2 Å². The van der Waals surface area contributed by atoms with E-state index < -0.39 is 16.8 Å². The molecule has 2 aromatic rings. The lowest BCUT2D eigenvalue weighted by Gasteiger charge is -2.18. The molecule has 0 radical (unpaired) electrons. The van der Waals surface area contributed by atoms with E-state index in [0.29, 0.717) is 0 Å². The second-order valence-corrected chi connectivity index (χ2v) is 5.97. The predicted molar refractivity (Wildman–Crippen MR) is 82.8 cm³/mol. The molecule has 0 bridgehead atoms. The van der Waals surface area contributed by atoms with E-state index in [2.05, 4.69) is 10.3 Å². The van der Waals surface area contributed by atoms with Gasteiger partial charge in [0.25, 0.3) is 11.5 Å². The number of hydrogen-bond acceptors (Lipinski definition) is 5. The summed E-state index contributed by atoms with van der Waals surface area (Å²) >= 11 is 0. The van der Waals surface area contributed by atoms with Crippen molar-refractivity contribution < 1.29 is 4.79 Å². The van der Waals surface area contributed by atoms with Crippen LogP contribution < -0.4 is 22.3 Å². The first-order valence-corrected chi connectivity index (χ1v) is 6.74. The predicted octanol–water partition coefficient (Wildman–Crippen LogP) is -0.901. The zero-order chi connectivity index (χ0) is 16.7. The quantitative estimate of drug-likeness (QED) is 0.763. The van der Waals surface area contributed by atoms with Crippen LogP contribution >= 0.6 is 0 Å². The summed E-state index contributed by atoms with van der Waals surface area (Å²) in [6.45, 7) is 3.87. The third-order valence-electron chi connectivity index (χ3n) is 3.26. The average Bonchev–Trinajstić information content (AvgIpc) is 2.47. The lowest BCUT2D eigenvalue weighted by molar-refractivity contribution is 0.0946. The van der Waals surface area contributed by atoms with E-state index in [9.17, 15) is 14.4 Å². The van der Waals surface area contributed by atoms with E-state index in [4.69, 9.17) is 5.73 Å². The molecule has 0 saturated heterocycles. The highest BCUT2D eigenvalue weighted by Crippen LogP contribution is 2.07. The molecule has 2 rings (SSSR count). The first-order valence-electron chi connectivity index (χ1n) is 6.74. The Hall–Kier alpha value is -2.48. The van der Waals surface area contributed by atoms with Crippen molar-refractivity contribution in [3.63, 3.8) is 0 Å². The van der Waals surface area contributed by atoms with Gasteiger partial charge in [-0.2, -0.15) is 0 Å². The van der Waals surface area contributed by atoms with E-state index in [1.54, 1.807) is 13.8 Å². The standard InChI is InChI=1S/C14H19N5O3/c1-14(2,15)7-17-11(20)8-5-9-10(16-6-8)18(3)13(22)19(4)12(9)21/h5-6H,7,15H2,1-4H3,(H,17,20). The Morgan fingerprint density at radius 3 is 2.55 bits per heavy atom. The van der Waals surface area contributed by atoms with E-state index in [0.717, 1.165) is 4.57 Å². The van der Waals surface area contributed by atoms with E-state index in [1.165, 1.54) is 30.9 Å². The molecule has 0 fully saturated rings. The fraction of sp³-hybridized carbons (Fsp3) is 0.429. The van der Waals surface area contributed by atoms with Gasteiger partial charge in [-0.05, 0) is 19.9 Å². The van der Waals surface area contributed by atoms with Crippen LogP contribution in [0.15, 0.2) is 21.9 Å². The monoisotopic (exact) mass is 305 g/mol. The molecular weight excluding hydrogens is 286 g/mol. The zero-order valence-electron chi connectivity index (χ0n) is 13.0. The van der Waals surface area contributed by atoms with Crippen LogP contribution in [0.4, 0.5) is 0 Å². The number of rotatable bonds is 3. The molecule has 0 saturated carbocycles. The molecule has 118 valence electrons. The Morgan fingerprint density at radius 2 is 1.95 bits per heavy atom. The number of fused-ring (bicyclic) bond motifs is 1. The summed E-state index contributed by atoms with van der Waals surface area (Å²) in [4.78, 5) is 40.1. The third-order valence-corrected chi connectivity index (χ3v) is 3.26. The Labute approximate surface area is 126 Å². The fourth-order valence-electron chi connectivity index (χ4n) is 2.00. The fourth-order valence-corrected chi connectivity index (χ4v) is 2.00. The van der Waals surface area contributed by atoms with Gasteiger partial charge in [0, 0.05) is 32.4 Å². The van der Waals surface area contributed by atoms with Gasteiger partial charge in [-0.3, -0.25) is 18.7 Å². The van der Waals surface area contributed by atoms with Crippen LogP contribution in [-0.2, 0) is 14.1 Å². The van der Waals surface area contributed by atoms with Crippen LogP contribution in [0.25, 0.3) is 11.0 Å². The molecule has 0 aliphatic rings. The first-order chi connectivity index (χ1) is 10.1. The normalized spacial score (nSPS) is 11.7. The van der Waals surface area contributed by atoms with Crippen LogP contribution in [-0.4, -0.2) is 32.1 Å². The third kappa shape index (κ3) is 2.91.